The number of nitrogens with one attached hydrogen (secondary N) is 1. The molecule has 0 bridgehead atoms. The number of rotatable bonds is 9. The van der Waals surface area contributed by atoms with Gasteiger partial charge in [0.1, 0.15) is 16.1 Å². The summed E-state index contributed by atoms with van der Waals surface area (Å²) in [6, 6.07) is 11.4. The van der Waals surface area contributed by atoms with Crippen LogP contribution in [0, 0.1) is 5.92 Å². The van der Waals surface area contributed by atoms with Crippen molar-refractivity contribution in [1.82, 2.24) is 14.8 Å². The summed E-state index contributed by atoms with van der Waals surface area (Å²) in [6.45, 7) is 5.34. The van der Waals surface area contributed by atoms with E-state index in [9.17, 15) is 18.3 Å². The third-order valence-corrected chi connectivity index (χ3v) is 9.15. The Morgan fingerprint density at radius 1 is 1.27 bits per heavy atom. The number of anilines is 1. The van der Waals surface area contributed by atoms with Crippen LogP contribution in [0.1, 0.15) is 29.8 Å². The maximum Gasteiger partial charge on any atom is 0.271 e. The molecule has 0 aliphatic carbocycles. The molecule has 3 atom stereocenters. The van der Waals surface area contributed by atoms with Crippen molar-refractivity contribution < 1.29 is 23.1 Å². The summed E-state index contributed by atoms with van der Waals surface area (Å²) in [5.74, 6) is 0.0419. The molecule has 2 aromatic heterocycles. The highest BCUT2D eigenvalue weighted by Gasteiger charge is 2.33. The number of amides is 1. The Kier molecular flexibility index (Phi) is 8.48. The monoisotopic (exact) mass is 544 g/mol. The second-order valence-corrected chi connectivity index (χ2v) is 12.3. The first kappa shape index (κ1) is 27.1. The van der Waals surface area contributed by atoms with E-state index in [0.29, 0.717) is 25.4 Å². The van der Waals surface area contributed by atoms with Crippen LogP contribution in [0.4, 0.5) is 5.69 Å². The number of likely N-dealkylation sites (N-methyl/N-ethyl adjacent to an activating group) is 1. The minimum Gasteiger partial charge on any atom is -0.488 e. The first-order valence-corrected chi connectivity index (χ1v) is 14.4. The average molecular weight is 545 g/mol. The van der Waals surface area contributed by atoms with Gasteiger partial charge in [-0.3, -0.25) is 19.4 Å². The Balaban J connectivity index is 1.63. The molecule has 0 radical (unpaired) electrons. The van der Waals surface area contributed by atoms with Crippen molar-refractivity contribution in [2.75, 3.05) is 31.5 Å². The smallest absolute Gasteiger partial charge is 0.271 e. The molecule has 4 rings (SSSR count). The number of carbonyl (C=O) groups is 1. The Morgan fingerprint density at radius 2 is 2.03 bits per heavy atom. The topological polar surface area (TPSA) is 112 Å². The third kappa shape index (κ3) is 6.48. The number of sulfonamides is 1. The Hall–Kier alpha value is -2.99. The third-order valence-electron chi connectivity index (χ3n) is 6.37. The standard InChI is InChI=1S/C26H32N4O5S2/c1-18-14-30(19(2)17-31)26(32)22-13-21(28-37(33,34)25-5-4-12-36-25)6-7-23(22)35-24(18)16-29(3)15-20-8-10-27-11-9-20/h4-13,18-19,24,28,31H,14-17H2,1-3H3/t18-,19-,24+/m0/s1. The molecular weight excluding hydrogens is 512 g/mol. The van der Waals surface area contributed by atoms with Crippen LogP contribution in [0.5, 0.6) is 5.75 Å². The molecular formula is C26H32N4O5S2. The number of carbonyl (C=O) groups excluding carboxylic acids is 1. The Bertz CT molecular complexity index is 1300. The van der Waals surface area contributed by atoms with Crippen molar-refractivity contribution in [3.63, 3.8) is 0 Å². The van der Waals surface area contributed by atoms with Gasteiger partial charge in [0.25, 0.3) is 15.9 Å². The van der Waals surface area contributed by atoms with Crippen LogP contribution in [0.15, 0.2) is 64.4 Å². The van der Waals surface area contributed by atoms with Crippen molar-refractivity contribution in [3.05, 3.63) is 71.4 Å². The molecule has 1 aliphatic rings. The van der Waals surface area contributed by atoms with E-state index in [1.54, 1.807) is 47.8 Å². The number of aromatic nitrogens is 1. The summed E-state index contributed by atoms with van der Waals surface area (Å²) >= 11 is 1.11. The fourth-order valence-electron chi connectivity index (χ4n) is 4.30. The van der Waals surface area contributed by atoms with Crippen LogP contribution < -0.4 is 9.46 Å². The lowest BCUT2D eigenvalue weighted by Gasteiger charge is -2.38. The zero-order valence-corrected chi connectivity index (χ0v) is 22.7. The van der Waals surface area contributed by atoms with Crippen molar-refractivity contribution >= 4 is 33.0 Å². The van der Waals surface area contributed by atoms with E-state index in [1.165, 1.54) is 12.1 Å². The summed E-state index contributed by atoms with van der Waals surface area (Å²) in [6.07, 6.45) is 3.28. The van der Waals surface area contributed by atoms with Crippen molar-refractivity contribution in [2.24, 2.45) is 5.92 Å². The van der Waals surface area contributed by atoms with Gasteiger partial charge in [0.05, 0.1) is 18.2 Å². The number of pyridine rings is 1. The van der Waals surface area contributed by atoms with Crippen molar-refractivity contribution in [2.45, 2.75) is 36.7 Å². The summed E-state index contributed by atoms with van der Waals surface area (Å²) in [5.41, 5.74) is 1.64. The molecule has 0 fully saturated rings. The number of ether oxygens (including phenoxy) is 1. The lowest BCUT2D eigenvalue weighted by atomic mass is 9.99. The van der Waals surface area contributed by atoms with E-state index in [1.807, 2.05) is 26.1 Å². The zero-order valence-electron chi connectivity index (χ0n) is 21.1. The molecule has 0 saturated heterocycles. The fourth-order valence-corrected chi connectivity index (χ4v) is 6.34. The van der Waals surface area contributed by atoms with Gasteiger partial charge >= 0.3 is 0 Å². The van der Waals surface area contributed by atoms with Crippen LogP contribution in [0.25, 0.3) is 0 Å². The molecule has 1 aromatic carbocycles. The van der Waals surface area contributed by atoms with E-state index in [0.717, 1.165) is 16.9 Å². The molecule has 3 heterocycles. The second-order valence-electron chi connectivity index (χ2n) is 9.42. The van der Waals surface area contributed by atoms with Crippen molar-refractivity contribution in [3.8, 4) is 5.75 Å². The Labute approximate surface area is 221 Å². The maximum atomic E-state index is 13.6. The quantitative estimate of drug-likeness (QED) is 0.425. The molecule has 11 heteroatoms. The van der Waals surface area contributed by atoms with Crippen molar-refractivity contribution in [1.29, 1.82) is 0 Å². The molecule has 198 valence electrons. The summed E-state index contributed by atoms with van der Waals surface area (Å²) in [7, 11) is -1.77. The van der Waals surface area contributed by atoms with E-state index < -0.39 is 16.1 Å². The Morgan fingerprint density at radius 3 is 2.70 bits per heavy atom. The minimum absolute atomic E-state index is 0.0250. The number of hydrogen-bond acceptors (Lipinski definition) is 8. The predicted octanol–water partition coefficient (Wildman–Crippen LogP) is 3.30. The van der Waals surface area contributed by atoms with E-state index in [-0.39, 0.29) is 40.0 Å². The van der Waals surface area contributed by atoms with E-state index >= 15 is 0 Å². The summed E-state index contributed by atoms with van der Waals surface area (Å²) < 4.78 is 34.7. The van der Waals surface area contributed by atoms with Gasteiger partial charge in [-0.1, -0.05) is 13.0 Å². The normalized spacial score (nSPS) is 19.1. The number of hydrogen-bond donors (Lipinski definition) is 2. The number of fused-ring (bicyclic) bond motifs is 1. The van der Waals surface area contributed by atoms with Crippen LogP contribution in [0.2, 0.25) is 0 Å². The molecule has 2 N–H and O–H groups in total. The first-order chi connectivity index (χ1) is 17.7. The predicted molar refractivity (Wildman–Crippen MR) is 143 cm³/mol. The number of thiophene rings is 1. The molecule has 3 aromatic rings. The molecule has 1 aliphatic heterocycles. The molecule has 0 saturated carbocycles. The van der Waals surface area contributed by atoms with E-state index in [4.69, 9.17) is 4.74 Å². The van der Waals surface area contributed by atoms with Gasteiger partial charge in [-0.25, -0.2) is 8.42 Å². The van der Waals surface area contributed by atoms with Crippen LogP contribution >= 0.6 is 11.3 Å². The van der Waals surface area contributed by atoms with Gasteiger partial charge in [0.15, 0.2) is 0 Å². The number of benzene rings is 1. The molecule has 0 spiro atoms. The highest BCUT2D eigenvalue weighted by molar-refractivity contribution is 7.94. The van der Waals surface area contributed by atoms with Gasteiger partial charge in [-0.15, -0.1) is 11.3 Å². The van der Waals surface area contributed by atoms with Gasteiger partial charge in [0.2, 0.25) is 0 Å². The molecule has 37 heavy (non-hydrogen) atoms. The summed E-state index contributed by atoms with van der Waals surface area (Å²) in [4.78, 5) is 21.5. The largest absolute Gasteiger partial charge is 0.488 e. The molecule has 1 amide bonds. The van der Waals surface area contributed by atoms with Gasteiger partial charge in [0, 0.05) is 43.6 Å². The van der Waals surface area contributed by atoms with Gasteiger partial charge < -0.3 is 14.7 Å². The molecule has 0 unspecified atom stereocenters. The van der Waals surface area contributed by atoms with Crippen LogP contribution in [0.3, 0.4) is 0 Å². The second kappa shape index (κ2) is 11.6. The number of aliphatic hydroxyl groups excluding tert-OH is 1. The highest BCUT2D eigenvalue weighted by Crippen LogP contribution is 2.32. The lowest BCUT2D eigenvalue weighted by Crippen LogP contribution is -2.49. The zero-order chi connectivity index (χ0) is 26.6. The van der Waals surface area contributed by atoms with E-state index in [2.05, 4.69) is 14.6 Å². The fraction of sp³-hybridized carbons (Fsp3) is 0.385. The lowest BCUT2D eigenvalue weighted by molar-refractivity contribution is 0.0341. The highest BCUT2D eigenvalue weighted by atomic mass is 32.2. The summed E-state index contributed by atoms with van der Waals surface area (Å²) in [5, 5.41) is 11.5. The van der Waals surface area contributed by atoms with Crippen LogP contribution in [-0.4, -0.2) is 73.1 Å². The van der Waals surface area contributed by atoms with Gasteiger partial charge in [-0.2, -0.15) is 0 Å². The SMILES string of the molecule is C[C@H]1CN([C@@H](C)CO)C(=O)c2cc(NS(=O)(=O)c3cccs3)ccc2O[C@@H]1CN(C)Cc1ccncc1. The van der Waals surface area contributed by atoms with Crippen LogP contribution in [-0.2, 0) is 16.6 Å². The van der Waals surface area contributed by atoms with Gasteiger partial charge in [-0.05, 0) is 61.3 Å². The molecule has 9 nitrogen and oxygen atoms in total. The number of nitrogens with zero attached hydrogens (tertiary/aromatic N) is 3. The minimum atomic E-state index is -3.78. The number of aliphatic hydroxyl groups is 1. The average Bonchev–Trinajstić information content (AvgIpc) is 3.43. The first-order valence-electron chi connectivity index (χ1n) is 12.0. The maximum absolute atomic E-state index is 13.6.